The fraction of sp³-hybridized carbons (Fsp3) is 0.875. The Bertz CT molecular complexity index is 189. The Morgan fingerprint density at radius 2 is 2.17 bits per heavy atom. The molecule has 4 heteroatoms. The summed E-state index contributed by atoms with van der Waals surface area (Å²) in [4.78, 5) is 12.6. The summed E-state index contributed by atoms with van der Waals surface area (Å²) in [5.41, 5.74) is 0. The van der Waals surface area contributed by atoms with Crippen molar-refractivity contribution in [3.05, 3.63) is 0 Å². The van der Waals surface area contributed by atoms with Gasteiger partial charge in [-0.15, -0.1) is 0 Å². The van der Waals surface area contributed by atoms with Gasteiger partial charge in [0.2, 0.25) is 0 Å². The lowest BCUT2D eigenvalue weighted by Gasteiger charge is -2.20. The first-order valence-corrected chi connectivity index (χ1v) is 4.19. The number of likely N-dealkylation sites (N-methyl/N-ethyl adjacent to an activating group) is 1. The molecule has 2 heterocycles. The minimum absolute atomic E-state index is 0.0388. The number of rotatable bonds is 1. The van der Waals surface area contributed by atoms with E-state index in [1.165, 1.54) is 0 Å². The lowest BCUT2D eigenvalue weighted by atomic mass is 10.2. The first-order valence-electron chi connectivity index (χ1n) is 4.19. The Balaban J connectivity index is 2.08. The van der Waals surface area contributed by atoms with Crippen LogP contribution in [0.25, 0.3) is 0 Å². The highest BCUT2D eigenvalue weighted by Gasteiger charge is 2.46. The van der Waals surface area contributed by atoms with Crippen molar-refractivity contribution in [1.29, 1.82) is 0 Å². The van der Waals surface area contributed by atoms with Crippen molar-refractivity contribution < 1.29 is 14.3 Å². The van der Waals surface area contributed by atoms with E-state index in [2.05, 4.69) is 0 Å². The van der Waals surface area contributed by atoms with Crippen molar-refractivity contribution in [1.82, 2.24) is 4.90 Å². The molecule has 68 valence electrons. The monoisotopic (exact) mass is 171 g/mol. The Labute approximate surface area is 71.4 Å². The molecule has 0 aromatic rings. The van der Waals surface area contributed by atoms with Gasteiger partial charge in [-0.25, -0.2) is 0 Å². The van der Waals surface area contributed by atoms with E-state index in [-0.39, 0.29) is 6.04 Å². The molecule has 2 aliphatic rings. The third kappa shape index (κ3) is 1.16. The first kappa shape index (κ1) is 8.16. The van der Waals surface area contributed by atoms with Crippen LogP contribution in [-0.2, 0) is 14.3 Å². The van der Waals surface area contributed by atoms with Crippen molar-refractivity contribution in [2.75, 3.05) is 26.8 Å². The molecule has 2 saturated heterocycles. The summed E-state index contributed by atoms with van der Waals surface area (Å²) in [6.45, 7) is 2.01. The number of ether oxygens (including phenoxy) is 2. The first-order chi connectivity index (χ1) is 5.76. The maximum absolute atomic E-state index is 10.6. The fourth-order valence-electron chi connectivity index (χ4n) is 1.89. The highest BCUT2D eigenvalue weighted by molar-refractivity contribution is 5.58. The molecule has 0 amide bonds. The van der Waals surface area contributed by atoms with Crippen LogP contribution in [0.15, 0.2) is 0 Å². The Morgan fingerprint density at radius 3 is 2.67 bits per heavy atom. The number of hydrogen-bond acceptors (Lipinski definition) is 4. The Morgan fingerprint density at radius 1 is 1.50 bits per heavy atom. The average Bonchev–Trinajstić information content (AvgIpc) is 2.60. The molecule has 2 rings (SSSR count). The zero-order valence-electron chi connectivity index (χ0n) is 7.16. The number of nitrogens with zero attached hydrogens (tertiary/aromatic N) is 1. The van der Waals surface area contributed by atoms with Gasteiger partial charge < -0.3 is 14.3 Å². The summed E-state index contributed by atoms with van der Waals surface area (Å²) in [6, 6.07) is -0.0388. The average molecular weight is 171 g/mol. The van der Waals surface area contributed by atoms with Crippen LogP contribution in [0.2, 0.25) is 0 Å². The van der Waals surface area contributed by atoms with Gasteiger partial charge in [-0.3, -0.25) is 4.90 Å². The van der Waals surface area contributed by atoms with Crippen molar-refractivity contribution in [2.24, 2.45) is 0 Å². The summed E-state index contributed by atoms with van der Waals surface area (Å²) in [6.07, 6.45) is 1.63. The van der Waals surface area contributed by atoms with Gasteiger partial charge in [-0.1, -0.05) is 0 Å². The van der Waals surface area contributed by atoms with E-state index < -0.39 is 5.79 Å². The second-order valence-electron chi connectivity index (χ2n) is 3.43. The molecule has 1 spiro atoms. The predicted octanol–water partition coefficient (Wildman–Crippen LogP) is -0.368. The zero-order valence-corrected chi connectivity index (χ0v) is 7.16. The SMILES string of the molecule is CN1CC2(CC1C=O)OCCO2. The molecule has 0 bridgehead atoms. The van der Waals surface area contributed by atoms with Crippen molar-refractivity contribution in [3.8, 4) is 0 Å². The molecule has 0 saturated carbocycles. The highest BCUT2D eigenvalue weighted by atomic mass is 16.7. The van der Waals surface area contributed by atoms with Crippen LogP contribution in [-0.4, -0.2) is 49.8 Å². The largest absolute Gasteiger partial charge is 0.346 e. The zero-order chi connectivity index (χ0) is 8.60. The molecule has 0 aliphatic carbocycles. The summed E-state index contributed by atoms with van der Waals surface area (Å²) in [7, 11) is 1.92. The van der Waals surface area contributed by atoms with Crippen LogP contribution in [0.1, 0.15) is 6.42 Å². The van der Waals surface area contributed by atoms with E-state index >= 15 is 0 Å². The van der Waals surface area contributed by atoms with Crippen LogP contribution in [0.3, 0.4) is 0 Å². The minimum atomic E-state index is -0.472. The van der Waals surface area contributed by atoms with Gasteiger partial charge in [0.15, 0.2) is 5.79 Å². The number of likely N-dealkylation sites (tertiary alicyclic amines) is 1. The molecule has 2 aliphatic heterocycles. The van der Waals surface area contributed by atoms with Crippen molar-refractivity contribution in [3.63, 3.8) is 0 Å². The molecule has 4 nitrogen and oxygen atoms in total. The molecule has 0 aromatic heterocycles. The normalized spacial score (nSPS) is 34.6. The second-order valence-corrected chi connectivity index (χ2v) is 3.43. The molecule has 0 N–H and O–H groups in total. The maximum Gasteiger partial charge on any atom is 0.183 e. The topological polar surface area (TPSA) is 38.8 Å². The van der Waals surface area contributed by atoms with E-state index in [4.69, 9.17) is 9.47 Å². The summed E-state index contributed by atoms with van der Waals surface area (Å²) in [5.74, 6) is -0.472. The van der Waals surface area contributed by atoms with Gasteiger partial charge in [-0.2, -0.15) is 0 Å². The van der Waals surface area contributed by atoms with Gasteiger partial charge >= 0.3 is 0 Å². The quantitative estimate of drug-likeness (QED) is 0.505. The summed E-state index contributed by atoms with van der Waals surface area (Å²) in [5, 5.41) is 0. The predicted molar refractivity (Wildman–Crippen MR) is 41.7 cm³/mol. The van der Waals surface area contributed by atoms with Crippen LogP contribution < -0.4 is 0 Å². The van der Waals surface area contributed by atoms with E-state index in [1.807, 2.05) is 11.9 Å². The van der Waals surface area contributed by atoms with Crippen LogP contribution in [0.5, 0.6) is 0 Å². The van der Waals surface area contributed by atoms with Crippen LogP contribution in [0.4, 0.5) is 0 Å². The lowest BCUT2D eigenvalue weighted by Crippen LogP contribution is -2.33. The lowest BCUT2D eigenvalue weighted by molar-refractivity contribution is -0.145. The molecule has 2 fully saturated rings. The van der Waals surface area contributed by atoms with Crippen LogP contribution in [0, 0.1) is 0 Å². The van der Waals surface area contributed by atoms with Gasteiger partial charge in [0.1, 0.15) is 6.29 Å². The summed E-state index contributed by atoms with van der Waals surface area (Å²) < 4.78 is 11.0. The minimum Gasteiger partial charge on any atom is -0.346 e. The number of hydrogen-bond donors (Lipinski definition) is 0. The smallest absolute Gasteiger partial charge is 0.183 e. The molecule has 1 unspecified atom stereocenters. The van der Waals surface area contributed by atoms with E-state index in [0.29, 0.717) is 26.2 Å². The standard InChI is InChI=1S/C8H13NO3/c1-9-6-8(4-7(9)5-10)11-2-3-12-8/h5,7H,2-4,6H2,1H3. The van der Waals surface area contributed by atoms with Gasteiger partial charge in [0, 0.05) is 6.42 Å². The van der Waals surface area contributed by atoms with E-state index in [9.17, 15) is 4.79 Å². The Kier molecular flexibility index (Phi) is 1.90. The maximum atomic E-state index is 10.6. The molecule has 0 aromatic carbocycles. The highest BCUT2D eigenvalue weighted by Crippen LogP contribution is 2.32. The number of aldehydes is 1. The molecule has 1 atom stereocenters. The van der Waals surface area contributed by atoms with Gasteiger partial charge in [0.05, 0.1) is 25.8 Å². The third-order valence-corrected chi connectivity index (χ3v) is 2.55. The molecule has 12 heavy (non-hydrogen) atoms. The van der Waals surface area contributed by atoms with Crippen molar-refractivity contribution in [2.45, 2.75) is 18.2 Å². The fourth-order valence-corrected chi connectivity index (χ4v) is 1.89. The Hall–Kier alpha value is -0.450. The molecular weight excluding hydrogens is 158 g/mol. The molecule has 0 radical (unpaired) electrons. The second kappa shape index (κ2) is 2.80. The number of carbonyl (C=O) groups is 1. The van der Waals surface area contributed by atoms with Gasteiger partial charge in [0.25, 0.3) is 0 Å². The van der Waals surface area contributed by atoms with E-state index in [1.54, 1.807) is 0 Å². The number of carbonyl (C=O) groups excluding carboxylic acids is 1. The third-order valence-electron chi connectivity index (χ3n) is 2.55. The van der Waals surface area contributed by atoms with Gasteiger partial charge in [-0.05, 0) is 7.05 Å². The van der Waals surface area contributed by atoms with Crippen molar-refractivity contribution >= 4 is 6.29 Å². The van der Waals surface area contributed by atoms with Crippen LogP contribution >= 0.6 is 0 Å². The van der Waals surface area contributed by atoms with E-state index in [0.717, 1.165) is 6.29 Å². The summed E-state index contributed by atoms with van der Waals surface area (Å²) >= 11 is 0. The molecular formula is C8H13NO3.